The summed E-state index contributed by atoms with van der Waals surface area (Å²) in [6, 6.07) is 15.5. The molecule has 6 nitrogen and oxygen atoms in total. The average Bonchev–Trinajstić information content (AvgIpc) is 2.83. The molecule has 1 amide bonds. The van der Waals surface area contributed by atoms with Crippen molar-refractivity contribution in [3.63, 3.8) is 0 Å². The van der Waals surface area contributed by atoms with Gasteiger partial charge in [0.15, 0.2) is 9.84 Å². The average molecular weight is 499 g/mol. The van der Waals surface area contributed by atoms with Crippen LogP contribution in [0.5, 0.6) is 0 Å². The van der Waals surface area contributed by atoms with Crippen LogP contribution in [0, 0.1) is 11.3 Å². The predicted octanol–water partition coefficient (Wildman–Crippen LogP) is 4.23. The molecule has 1 aliphatic heterocycles. The molecule has 7 heteroatoms. The molecule has 1 aliphatic carbocycles. The lowest BCUT2D eigenvalue weighted by Gasteiger charge is -2.45. The van der Waals surface area contributed by atoms with E-state index in [9.17, 15) is 18.3 Å². The zero-order valence-corrected chi connectivity index (χ0v) is 21.9. The van der Waals surface area contributed by atoms with Crippen LogP contribution in [-0.2, 0) is 21.1 Å². The van der Waals surface area contributed by atoms with Crippen LogP contribution in [0.15, 0.2) is 53.4 Å². The maximum absolute atomic E-state index is 13.7. The normalized spacial score (nSPS) is 21.2. The van der Waals surface area contributed by atoms with Crippen LogP contribution < -0.4 is 4.90 Å². The van der Waals surface area contributed by atoms with Crippen molar-refractivity contribution in [3.05, 3.63) is 59.7 Å². The van der Waals surface area contributed by atoms with Crippen LogP contribution in [0.4, 0.5) is 5.69 Å². The van der Waals surface area contributed by atoms with Crippen LogP contribution in [0.2, 0.25) is 0 Å². The predicted molar refractivity (Wildman–Crippen MR) is 139 cm³/mol. The number of anilines is 1. The Morgan fingerprint density at radius 3 is 2.37 bits per heavy atom. The van der Waals surface area contributed by atoms with E-state index in [2.05, 4.69) is 35.8 Å². The van der Waals surface area contributed by atoms with Gasteiger partial charge in [-0.15, -0.1) is 0 Å². The lowest BCUT2D eigenvalue weighted by atomic mass is 9.72. The molecule has 2 fully saturated rings. The molecule has 35 heavy (non-hydrogen) atoms. The van der Waals surface area contributed by atoms with E-state index in [1.54, 1.807) is 12.1 Å². The number of amides is 1. The maximum atomic E-state index is 13.7. The number of sulfone groups is 1. The van der Waals surface area contributed by atoms with Crippen molar-refractivity contribution in [2.24, 2.45) is 11.3 Å². The van der Waals surface area contributed by atoms with Crippen LogP contribution in [0.1, 0.15) is 56.7 Å². The summed E-state index contributed by atoms with van der Waals surface area (Å²) in [5.74, 6) is 0.333. The topological polar surface area (TPSA) is 77.9 Å². The number of aliphatic hydroxyl groups excluding tert-OH is 1. The van der Waals surface area contributed by atoms with Gasteiger partial charge in [0.05, 0.1) is 10.9 Å². The zero-order chi connectivity index (χ0) is 25.2. The number of piperazine rings is 1. The monoisotopic (exact) mass is 498 g/mol. The third-order valence-corrected chi connectivity index (χ3v) is 8.91. The molecule has 0 bridgehead atoms. The number of nitrogens with zero attached hydrogens (tertiary/aromatic N) is 2. The fraction of sp³-hybridized carbons (Fsp3) is 0.536. The largest absolute Gasteiger partial charge is 0.396 e. The molecule has 1 saturated carbocycles. The van der Waals surface area contributed by atoms with Crippen molar-refractivity contribution in [1.29, 1.82) is 0 Å². The SMILES string of the molecule is CC1(C)CCC(C(=O)N2CCN(c3ccc(CCO)c(S(C)(=O)=O)c3)C[C@H]2c2ccccc2)CC1. The minimum atomic E-state index is -3.43. The van der Waals surface area contributed by atoms with Crippen molar-refractivity contribution >= 4 is 21.4 Å². The van der Waals surface area contributed by atoms with E-state index >= 15 is 0 Å². The second-order valence-corrected chi connectivity index (χ2v) is 12.9. The maximum Gasteiger partial charge on any atom is 0.226 e. The number of rotatable bonds is 6. The highest BCUT2D eigenvalue weighted by molar-refractivity contribution is 7.90. The summed E-state index contributed by atoms with van der Waals surface area (Å²) in [6.07, 6.45) is 5.55. The molecule has 0 aromatic heterocycles. The number of carbonyl (C=O) groups is 1. The van der Waals surface area contributed by atoms with Gasteiger partial charge < -0.3 is 14.9 Å². The minimum Gasteiger partial charge on any atom is -0.396 e. The van der Waals surface area contributed by atoms with Gasteiger partial charge >= 0.3 is 0 Å². The van der Waals surface area contributed by atoms with E-state index in [0.717, 1.165) is 36.9 Å². The minimum absolute atomic E-state index is 0.0791. The van der Waals surface area contributed by atoms with Crippen molar-refractivity contribution in [2.75, 3.05) is 37.4 Å². The van der Waals surface area contributed by atoms with Gasteiger partial charge in [-0.25, -0.2) is 8.42 Å². The lowest BCUT2D eigenvalue weighted by molar-refractivity contribution is -0.140. The van der Waals surface area contributed by atoms with Gasteiger partial charge in [0.25, 0.3) is 0 Å². The molecular formula is C28H38N2O4S. The summed E-state index contributed by atoms with van der Waals surface area (Å²) < 4.78 is 24.9. The molecular weight excluding hydrogens is 460 g/mol. The third kappa shape index (κ3) is 5.89. The lowest BCUT2D eigenvalue weighted by Crippen LogP contribution is -2.52. The first-order chi connectivity index (χ1) is 16.6. The summed E-state index contributed by atoms with van der Waals surface area (Å²) >= 11 is 0. The van der Waals surface area contributed by atoms with Gasteiger partial charge in [-0.05, 0) is 60.8 Å². The van der Waals surface area contributed by atoms with E-state index in [1.165, 1.54) is 6.26 Å². The van der Waals surface area contributed by atoms with Gasteiger partial charge in [-0.1, -0.05) is 50.2 Å². The Hall–Kier alpha value is -2.38. The smallest absolute Gasteiger partial charge is 0.226 e. The Morgan fingerprint density at radius 1 is 1.06 bits per heavy atom. The Bertz CT molecular complexity index is 1140. The highest BCUT2D eigenvalue weighted by Crippen LogP contribution is 2.40. The second-order valence-electron chi connectivity index (χ2n) is 10.9. The van der Waals surface area contributed by atoms with E-state index in [4.69, 9.17) is 0 Å². The second kappa shape index (κ2) is 10.3. The Morgan fingerprint density at radius 2 is 1.74 bits per heavy atom. The first-order valence-electron chi connectivity index (χ1n) is 12.6. The van der Waals surface area contributed by atoms with E-state index in [1.807, 2.05) is 24.3 Å². The Balaban J connectivity index is 1.61. The summed E-state index contributed by atoms with van der Waals surface area (Å²) in [6.45, 7) is 6.33. The van der Waals surface area contributed by atoms with Crippen LogP contribution in [-0.4, -0.2) is 56.8 Å². The quantitative estimate of drug-likeness (QED) is 0.645. The molecule has 2 aliphatic rings. The van der Waals surface area contributed by atoms with Gasteiger partial charge in [0.1, 0.15) is 0 Å². The fourth-order valence-electron chi connectivity index (χ4n) is 5.53. The molecule has 0 spiro atoms. The summed E-state index contributed by atoms with van der Waals surface area (Å²) in [5.41, 5.74) is 2.88. The molecule has 4 rings (SSSR count). The van der Waals surface area contributed by atoms with Crippen molar-refractivity contribution < 1.29 is 18.3 Å². The van der Waals surface area contributed by atoms with E-state index in [0.29, 0.717) is 37.0 Å². The van der Waals surface area contributed by atoms with Crippen LogP contribution in [0.3, 0.4) is 0 Å². The van der Waals surface area contributed by atoms with E-state index < -0.39 is 9.84 Å². The van der Waals surface area contributed by atoms with Crippen molar-refractivity contribution in [3.8, 4) is 0 Å². The number of aliphatic hydroxyl groups is 1. The van der Waals surface area contributed by atoms with Crippen LogP contribution in [0.25, 0.3) is 0 Å². The number of hydrogen-bond acceptors (Lipinski definition) is 5. The molecule has 2 aromatic carbocycles. The van der Waals surface area contributed by atoms with Gasteiger partial charge in [0, 0.05) is 44.1 Å². The number of benzene rings is 2. The first kappa shape index (κ1) is 25.7. The summed E-state index contributed by atoms with van der Waals surface area (Å²) in [7, 11) is -3.43. The van der Waals surface area contributed by atoms with Crippen molar-refractivity contribution in [1.82, 2.24) is 4.90 Å². The standard InChI is InChI=1S/C28H38N2O4S/c1-28(2)14-11-23(12-15-28)27(32)30-17-16-29(20-25(30)21-7-5-4-6-8-21)24-10-9-22(13-18-31)26(19-24)35(3,33)34/h4-10,19,23,25,31H,11-18,20H2,1-3H3/t25-/m0/s1. The molecule has 1 heterocycles. The number of hydrogen-bond donors (Lipinski definition) is 1. The summed E-state index contributed by atoms with van der Waals surface area (Å²) in [5, 5.41) is 9.36. The van der Waals surface area contributed by atoms with Crippen LogP contribution >= 0.6 is 0 Å². The Kier molecular flexibility index (Phi) is 7.57. The molecule has 190 valence electrons. The molecule has 0 unspecified atom stereocenters. The van der Waals surface area contributed by atoms with Gasteiger partial charge in [0.2, 0.25) is 5.91 Å². The Labute approximate surface area is 209 Å². The van der Waals surface area contributed by atoms with E-state index in [-0.39, 0.29) is 29.4 Å². The molecule has 1 atom stereocenters. The highest BCUT2D eigenvalue weighted by atomic mass is 32.2. The van der Waals surface area contributed by atoms with Gasteiger partial charge in [-0.2, -0.15) is 0 Å². The first-order valence-corrected chi connectivity index (χ1v) is 14.5. The molecule has 0 radical (unpaired) electrons. The van der Waals surface area contributed by atoms with Crippen molar-refractivity contribution in [2.45, 2.75) is 56.9 Å². The third-order valence-electron chi connectivity index (χ3n) is 7.73. The molecule has 2 aromatic rings. The molecule has 1 saturated heterocycles. The summed E-state index contributed by atoms with van der Waals surface area (Å²) in [4.78, 5) is 18.2. The molecule has 1 N–H and O–H groups in total. The highest BCUT2D eigenvalue weighted by Gasteiger charge is 2.38. The van der Waals surface area contributed by atoms with Gasteiger partial charge in [-0.3, -0.25) is 4.79 Å². The zero-order valence-electron chi connectivity index (χ0n) is 21.1. The fourth-order valence-corrected chi connectivity index (χ4v) is 6.52. The number of carbonyl (C=O) groups excluding carboxylic acids is 1.